The molecule has 0 saturated carbocycles. The van der Waals surface area contributed by atoms with Gasteiger partial charge in [-0.25, -0.2) is 9.77 Å². The molecule has 0 aromatic carbocycles. The number of pyridine rings is 1. The summed E-state index contributed by atoms with van der Waals surface area (Å²) in [6, 6.07) is 5.77. The summed E-state index contributed by atoms with van der Waals surface area (Å²) in [5.41, 5.74) is 3.88. The molecule has 2 aromatic heterocycles. The number of rotatable bonds is 4. The maximum atomic E-state index is 8.49. The van der Waals surface area contributed by atoms with E-state index in [2.05, 4.69) is 26.7 Å². The van der Waals surface area contributed by atoms with Gasteiger partial charge < -0.3 is 5.43 Å². The van der Waals surface area contributed by atoms with Crippen molar-refractivity contribution >= 4 is 12.2 Å². The Bertz CT molecular complexity index is 579. The quantitative estimate of drug-likeness (QED) is 0.630. The number of hydrogen-bond acceptors (Lipinski definition) is 5. The molecule has 86 valence electrons. The fourth-order valence-electron chi connectivity index (χ4n) is 1.36. The van der Waals surface area contributed by atoms with Crippen molar-refractivity contribution < 1.29 is 0 Å². The number of nitrogens with one attached hydrogen (secondary N) is 2. The van der Waals surface area contributed by atoms with E-state index in [0.717, 1.165) is 5.56 Å². The Hall–Kier alpha value is -2.20. The number of H-pyrrole nitrogens is 1. The zero-order valence-corrected chi connectivity index (χ0v) is 9.74. The van der Waals surface area contributed by atoms with Crippen LogP contribution < -0.4 is 5.43 Å². The van der Waals surface area contributed by atoms with Crippen LogP contribution >= 0.6 is 12.2 Å². The van der Waals surface area contributed by atoms with Crippen LogP contribution in [0.5, 0.6) is 0 Å². The van der Waals surface area contributed by atoms with Gasteiger partial charge in [0.25, 0.3) is 0 Å². The first-order valence-corrected chi connectivity index (χ1v) is 5.42. The third-order valence-corrected chi connectivity index (χ3v) is 2.37. The molecule has 0 aliphatic rings. The van der Waals surface area contributed by atoms with Crippen molar-refractivity contribution in [1.82, 2.24) is 19.9 Å². The van der Waals surface area contributed by atoms with Crippen LogP contribution in [0.1, 0.15) is 6.42 Å². The predicted molar refractivity (Wildman–Crippen MR) is 65.1 cm³/mol. The zero-order valence-electron chi connectivity index (χ0n) is 8.92. The lowest BCUT2D eigenvalue weighted by molar-refractivity contribution is 0.828. The molecular formula is C10H10N6S. The van der Waals surface area contributed by atoms with Crippen molar-refractivity contribution in [3.8, 4) is 17.5 Å². The summed E-state index contributed by atoms with van der Waals surface area (Å²) in [4.78, 5) is 4.03. The monoisotopic (exact) mass is 246 g/mol. The molecule has 0 atom stereocenters. The van der Waals surface area contributed by atoms with E-state index >= 15 is 0 Å². The van der Waals surface area contributed by atoms with Crippen LogP contribution in [0.25, 0.3) is 11.4 Å². The second kappa shape index (κ2) is 5.23. The Labute approximate surface area is 103 Å². The van der Waals surface area contributed by atoms with E-state index in [4.69, 9.17) is 17.5 Å². The Morgan fingerprint density at radius 3 is 3.18 bits per heavy atom. The van der Waals surface area contributed by atoms with Gasteiger partial charge in [0.2, 0.25) is 4.77 Å². The molecule has 0 radical (unpaired) electrons. The van der Waals surface area contributed by atoms with E-state index in [0.29, 0.717) is 23.6 Å². The molecule has 0 aliphatic heterocycles. The second-order valence-corrected chi connectivity index (χ2v) is 3.63. The lowest BCUT2D eigenvalue weighted by Crippen LogP contribution is -2.17. The second-order valence-electron chi connectivity index (χ2n) is 3.25. The van der Waals surface area contributed by atoms with E-state index in [9.17, 15) is 0 Å². The van der Waals surface area contributed by atoms with Gasteiger partial charge in [-0.15, -0.1) is 0 Å². The van der Waals surface area contributed by atoms with Gasteiger partial charge in [0.05, 0.1) is 12.5 Å². The van der Waals surface area contributed by atoms with Gasteiger partial charge in [-0.1, -0.05) is 0 Å². The van der Waals surface area contributed by atoms with Crippen LogP contribution in [0.15, 0.2) is 24.5 Å². The molecule has 6 nitrogen and oxygen atoms in total. The summed E-state index contributed by atoms with van der Waals surface area (Å²) >= 11 is 5.10. The molecule has 2 heterocycles. The van der Waals surface area contributed by atoms with Crippen molar-refractivity contribution in [3.05, 3.63) is 29.3 Å². The highest BCUT2D eigenvalue weighted by Crippen LogP contribution is 2.13. The predicted octanol–water partition coefficient (Wildman–Crippen LogP) is 1.46. The van der Waals surface area contributed by atoms with Gasteiger partial charge in [0.1, 0.15) is 0 Å². The summed E-state index contributed by atoms with van der Waals surface area (Å²) in [5.74, 6) is 0.654. The standard InChI is InChI=1S/C10H10N6S/c11-4-2-6-13-16-9(14-15-10(16)17)8-3-1-5-12-7-8/h1,3,5,7,13H,2,6H2,(H,15,17). The van der Waals surface area contributed by atoms with Crippen molar-refractivity contribution in [2.45, 2.75) is 6.42 Å². The molecule has 0 fully saturated rings. The zero-order chi connectivity index (χ0) is 12.1. The minimum absolute atomic E-state index is 0.402. The van der Waals surface area contributed by atoms with Gasteiger partial charge in [-0.05, 0) is 24.4 Å². The van der Waals surface area contributed by atoms with Gasteiger partial charge in [0.15, 0.2) is 5.82 Å². The minimum atomic E-state index is 0.402. The van der Waals surface area contributed by atoms with Crippen molar-refractivity contribution in [2.75, 3.05) is 12.0 Å². The Morgan fingerprint density at radius 2 is 2.47 bits per heavy atom. The molecule has 0 amide bonds. The highest BCUT2D eigenvalue weighted by molar-refractivity contribution is 7.71. The number of nitriles is 1. The van der Waals surface area contributed by atoms with Gasteiger partial charge >= 0.3 is 0 Å². The minimum Gasteiger partial charge on any atom is -0.321 e. The molecule has 0 bridgehead atoms. The normalized spacial score (nSPS) is 9.82. The van der Waals surface area contributed by atoms with Crippen molar-refractivity contribution in [2.24, 2.45) is 0 Å². The van der Waals surface area contributed by atoms with Gasteiger partial charge in [-0.3, -0.25) is 4.98 Å². The van der Waals surface area contributed by atoms with E-state index in [1.807, 2.05) is 12.1 Å². The molecule has 0 saturated heterocycles. The maximum absolute atomic E-state index is 8.49. The lowest BCUT2D eigenvalue weighted by Gasteiger charge is -2.07. The average molecular weight is 246 g/mol. The third kappa shape index (κ3) is 2.49. The molecular weight excluding hydrogens is 236 g/mol. The van der Waals surface area contributed by atoms with Crippen molar-refractivity contribution in [1.29, 1.82) is 5.26 Å². The van der Waals surface area contributed by atoms with Crippen LogP contribution in [0, 0.1) is 16.1 Å². The van der Waals surface area contributed by atoms with E-state index in [-0.39, 0.29) is 0 Å². The van der Waals surface area contributed by atoms with Crippen molar-refractivity contribution in [3.63, 3.8) is 0 Å². The van der Waals surface area contributed by atoms with Crippen LogP contribution in [0.4, 0.5) is 0 Å². The Kier molecular flexibility index (Phi) is 3.47. The molecule has 2 N–H and O–H groups in total. The smallest absolute Gasteiger partial charge is 0.214 e. The summed E-state index contributed by atoms with van der Waals surface area (Å²) in [6.45, 7) is 0.512. The molecule has 2 rings (SSSR count). The number of nitrogens with zero attached hydrogens (tertiary/aromatic N) is 4. The first-order valence-electron chi connectivity index (χ1n) is 5.01. The summed E-state index contributed by atoms with van der Waals surface area (Å²) in [5, 5.41) is 15.3. The van der Waals surface area contributed by atoms with Crippen LogP contribution in [0.3, 0.4) is 0 Å². The Balaban J connectivity index is 2.30. The largest absolute Gasteiger partial charge is 0.321 e. The number of aromatic amines is 1. The molecule has 2 aromatic rings. The molecule has 0 aliphatic carbocycles. The molecule has 17 heavy (non-hydrogen) atoms. The third-order valence-electron chi connectivity index (χ3n) is 2.10. The van der Waals surface area contributed by atoms with E-state index < -0.39 is 0 Å². The van der Waals surface area contributed by atoms with Crippen LogP contribution in [-0.4, -0.2) is 26.4 Å². The summed E-state index contributed by atoms with van der Waals surface area (Å²) < 4.78 is 2.10. The van der Waals surface area contributed by atoms with Gasteiger partial charge in [0, 0.05) is 24.5 Å². The topological polar surface area (TPSA) is 82.3 Å². The first-order chi connectivity index (χ1) is 8.33. The number of aromatic nitrogens is 4. The number of hydrogen-bond donors (Lipinski definition) is 2. The summed E-state index contributed by atoms with van der Waals surface area (Å²) in [7, 11) is 0. The van der Waals surface area contributed by atoms with Crippen LogP contribution in [-0.2, 0) is 0 Å². The Morgan fingerprint density at radius 1 is 1.59 bits per heavy atom. The average Bonchev–Trinajstić information content (AvgIpc) is 2.73. The fraction of sp³-hybridized carbons (Fsp3) is 0.200. The van der Waals surface area contributed by atoms with Gasteiger partial charge in [-0.2, -0.15) is 10.4 Å². The fourth-order valence-corrected chi connectivity index (χ4v) is 1.55. The highest BCUT2D eigenvalue weighted by atomic mass is 32.1. The van der Waals surface area contributed by atoms with Crippen LogP contribution in [0.2, 0.25) is 0 Å². The lowest BCUT2D eigenvalue weighted by atomic mass is 10.3. The molecule has 7 heteroatoms. The van der Waals surface area contributed by atoms with E-state index in [1.165, 1.54) is 0 Å². The first kappa shape index (κ1) is 11.3. The SMILES string of the molecule is N#CCCNn1c(-c2cccnc2)n[nH]c1=S. The van der Waals surface area contributed by atoms with E-state index in [1.54, 1.807) is 17.1 Å². The summed E-state index contributed by atoms with van der Waals surface area (Å²) in [6.07, 6.45) is 3.80. The molecule has 0 unspecified atom stereocenters. The highest BCUT2D eigenvalue weighted by Gasteiger charge is 2.07. The maximum Gasteiger partial charge on any atom is 0.214 e. The molecule has 0 spiro atoms.